The number of phenolic OH excluding ortho intramolecular Hbond substituents is 1. The molecule has 6 nitrogen and oxygen atoms in total. The molecule has 0 aliphatic carbocycles. The molecule has 2 aromatic carbocycles. The average Bonchev–Trinajstić information content (AvgIpc) is 3.36. The van der Waals surface area contributed by atoms with Crippen LogP contribution in [0.25, 0.3) is 0 Å². The van der Waals surface area contributed by atoms with Gasteiger partial charge in [0.2, 0.25) is 0 Å². The first-order chi connectivity index (χ1) is 15.0. The number of rotatable bonds is 7. The van der Waals surface area contributed by atoms with Crippen molar-refractivity contribution in [2.24, 2.45) is 11.8 Å². The number of hydrogen-bond donors (Lipinski definition) is 1. The first kappa shape index (κ1) is 21.5. The van der Waals surface area contributed by atoms with Crippen LogP contribution in [0.2, 0.25) is 0 Å². The van der Waals surface area contributed by atoms with E-state index in [-0.39, 0.29) is 29.8 Å². The third kappa shape index (κ3) is 4.36. The van der Waals surface area contributed by atoms with E-state index in [2.05, 4.69) is 0 Å². The summed E-state index contributed by atoms with van der Waals surface area (Å²) in [7, 11) is 3.20. The fourth-order valence-electron chi connectivity index (χ4n) is 4.38. The van der Waals surface area contributed by atoms with Crippen molar-refractivity contribution in [2.45, 2.75) is 26.1 Å². The minimum atomic E-state index is -0.0851. The fraction of sp³-hybridized carbons (Fsp3) is 0.440. The van der Waals surface area contributed by atoms with Crippen molar-refractivity contribution in [1.82, 2.24) is 0 Å². The van der Waals surface area contributed by atoms with Gasteiger partial charge < -0.3 is 28.8 Å². The lowest BCUT2D eigenvalue weighted by Crippen LogP contribution is -2.14. The van der Waals surface area contributed by atoms with E-state index >= 15 is 0 Å². The summed E-state index contributed by atoms with van der Waals surface area (Å²) in [6.07, 6.45) is 1.89. The van der Waals surface area contributed by atoms with Crippen molar-refractivity contribution >= 4 is 0 Å². The van der Waals surface area contributed by atoms with Crippen LogP contribution in [0.15, 0.2) is 48.0 Å². The molecule has 0 bridgehead atoms. The van der Waals surface area contributed by atoms with E-state index in [1.807, 2.05) is 50.3 Å². The Balaban J connectivity index is 1.51. The molecule has 2 aromatic rings. The van der Waals surface area contributed by atoms with Crippen molar-refractivity contribution in [3.05, 3.63) is 59.2 Å². The van der Waals surface area contributed by atoms with Crippen LogP contribution in [0.3, 0.4) is 0 Å². The highest BCUT2D eigenvalue weighted by atomic mass is 16.5. The van der Waals surface area contributed by atoms with Gasteiger partial charge in [-0.15, -0.1) is 0 Å². The lowest BCUT2D eigenvalue weighted by molar-refractivity contribution is 0.0191. The average molecular weight is 427 g/mol. The topological polar surface area (TPSA) is 66.4 Å². The Kier molecular flexibility index (Phi) is 6.39. The third-order valence-corrected chi connectivity index (χ3v) is 6.04. The van der Waals surface area contributed by atoms with Gasteiger partial charge in [-0.3, -0.25) is 0 Å². The molecule has 2 aliphatic rings. The van der Waals surface area contributed by atoms with Crippen molar-refractivity contribution in [2.75, 3.05) is 34.0 Å². The third-order valence-electron chi connectivity index (χ3n) is 6.04. The van der Waals surface area contributed by atoms with Crippen LogP contribution in [0.1, 0.15) is 37.2 Å². The Morgan fingerprint density at radius 1 is 0.903 bits per heavy atom. The molecule has 2 aliphatic heterocycles. The molecule has 2 saturated heterocycles. The summed E-state index contributed by atoms with van der Waals surface area (Å²) < 4.78 is 29.1. The monoisotopic (exact) mass is 426 g/mol. The van der Waals surface area contributed by atoms with E-state index in [0.29, 0.717) is 31.3 Å². The van der Waals surface area contributed by atoms with Gasteiger partial charge in [-0.2, -0.15) is 0 Å². The lowest BCUT2D eigenvalue weighted by atomic mass is 9.85. The van der Waals surface area contributed by atoms with Gasteiger partial charge in [0, 0.05) is 11.8 Å². The second-order valence-electron chi connectivity index (χ2n) is 8.27. The van der Waals surface area contributed by atoms with E-state index in [9.17, 15) is 5.11 Å². The molecule has 2 fully saturated rings. The summed E-state index contributed by atoms with van der Waals surface area (Å²) in [5, 5.41) is 9.89. The van der Waals surface area contributed by atoms with Gasteiger partial charge in [-0.25, -0.2) is 0 Å². The SMILES string of the molecule is COc1cc([C@H]2OC[C@@H]3[C@H]2CO[C@H]3c2ccc(OCC=C(C)C)c(OC)c2)ccc1O. The normalized spacial score (nSPS) is 24.5. The summed E-state index contributed by atoms with van der Waals surface area (Å²) in [6, 6.07) is 11.4. The van der Waals surface area contributed by atoms with E-state index in [1.165, 1.54) is 5.57 Å². The van der Waals surface area contributed by atoms with Crippen molar-refractivity contribution in [3.8, 4) is 23.0 Å². The van der Waals surface area contributed by atoms with Crippen LogP contribution < -0.4 is 14.2 Å². The van der Waals surface area contributed by atoms with Gasteiger partial charge in [0.25, 0.3) is 0 Å². The van der Waals surface area contributed by atoms with Crippen LogP contribution in [0.5, 0.6) is 23.0 Å². The Hall–Kier alpha value is -2.70. The van der Waals surface area contributed by atoms with Crippen molar-refractivity contribution in [1.29, 1.82) is 0 Å². The molecule has 0 aromatic heterocycles. The van der Waals surface area contributed by atoms with Gasteiger partial charge >= 0.3 is 0 Å². The minimum Gasteiger partial charge on any atom is -0.504 e. The zero-order chi connectivity index (χ0) is 22.0. The molecule has 0 spiro atoms. The van der Waals surface area contributed by atoms with E-state index in [0.717, 1.165) is 16.9 Å². The van der Waals surface area contributed by atoms with E-state index < -0.39 is 0 Å². The number of allylic oxidation sites excluding steroid dienone is 1. The maximum Gasteiger partial charge on any atom is 0.161 e. The minimum absolute atomic E-state index is 0.0604. The predicted molar refractivity (Wildman–Crippen MR) is 117 cm³/mol. The van der Waals surface area contributed by atoms with Gasteiger partial charge in [0.15, 0.2) is 23.0 Å². The molecule has 1 N–H and O–H groups in total. The van der Waals surface area contributed by atoms with Crippen LogP contribution in [0.4, 0.5) is 0 Å². The maximum absolute atomic E-state index is 9.89. The molecular formula is C25H30O6. The largest absolute Gasteiger partial charge is 0.504 e. The molecule has 0 saturated carbocycles. The molecule has 4 rings (SSSR count). The van der Waals surface area contributed by atoms with Crippen LogP contribution >= 0.6 is 0 Å². The lowest BCUT2D eigenvalue weighted by Gasteiger charge is -2.19. The smallest absolute Gasteiger partial charge is 0.161 e. The standard InChI is InChI=1S/C25H30O6/c1-15(2)9-10-29-21-8-6-17(12-23(21)28-4)25-19-14-30-24(18(19)13-31-25)16-5-7-20(26)22(11-16)27-3/h5-9,11-12,18-19,24-26H,10,13-14H2,1-4H3/t18-,19-,24-,25+/m1/s1. The molecule has 31 heavy (non-hydrogen) atoms. The number of aromatic hydroxyl groups is 1. The molecule has 0 unspecified atom stereocenters. The predicted octanol–water partition coefficient (Wildman–Crippen LogP) is 4.83. The first-order valence-corrected chi connectivity index (χ1v) is 10.6. The zero-order valence-corrected chi connectivity index (χ0v) is 18.5. The van der Waals surface area contributed by atoms with Crippen LogP contribution in [0, 0.1) is 11.8 Å². The van der Waals surface area contributed by atoms with Gasteiger partial charge in [0.1, 0.15) is 6.61 Å². The van der Waals surface area contributed by atoms with Crippen molar-refractivity contribution < 1.29 is 28.8 Å². The number of phenols is 1. The molecular weight excluding hydrogens is 396 g/mol. The number of hydrogen-bond acceptors (Lipinski definition) is 6. The quantitative estimate of drug-likeness (QED) is 0.640. The molecule has 166 valence electrons. The van der Waals surface area contributed by atoms with Crippen molar-refractivity contribution in [3.63, 3.8) is 0 Å². The summed E-state index contributed by atoms with van der Waals surface area (Å²) in [5.41, 5.74) is 3.27. The molecule has 6 heteroatoms. The number of benzene rings is 2. The summed E-state index contributed by atoms with van der Waals surface area (Å²) >= 11 is 0. The van der Waals surface area contributed by atoms with Gasteiger partial charge in [-0.1, -0.05) is 17.7 Å². The van der Waals surface area contributed by atoms with Crippen LogP contribution in [-0.2, 0) is 9.47 Å². The van der Waals surface area contributed by atoms with E-state index in [4.69, 9.17) is 23.7 Å². The number of fused-ring (bicyclic) bond motifs is 1. The zero-order valence-electron chi connectivity index (χ0n) is 18.5. The highest BCUT2D eigenvalue weighted by Crippen LogP contribution is 2.51. The number of methoxy groups -OCH3 is 2. The second kappa shape index (κ2) is 9.20. The Bertz CT molecular complexity index is 949. The fourth-order valence-corrected chi connectivity index (χ4v) is 4.38. The highest BCUT2D eigenvalue weighted by Gasteiger charge is 2.48. The summed E-state index contributed by atoms with van der Waals surface area (Å²) in [5.74, 6) is 2.47. The Morgan fingerprint density at radius 3 is 2.06 bits per heavy atom. The Labute approximate surface area is 183 Å². The number of ether oxygens (including phenoxy) is 5. The Morgan fingerprint density at radius 2 is 1.48 bits per heavy atom. The van der Waals surface area contributed by atoms with E-state index in [1.54, 1.807) is 20.3 Å². The first-order valence-electron chi connectivity index (χ1n) is 10.6. The highest BCUT2D eigenvalue weighted by molar-refractivity contribution is 5.45. The van der Waals surface area contributed by atoms with Gasteiger partial charge in [0.05, 0.1) is 39.6 Å². The summed E-state index contributed by atoms with van der Waals surface area (Å²) in [6.45, 7) is 5.83. The second-order valence-corrected chi connectivity index (χ2v) is 8.27. The van der Waals surface area contributed by atoms with Gasteiger partial charge in [-0.05, 0) is 55.3 Å². The molecule has 2 heterocycles. The molecule has 0 amide bonds. The van der Waals surface area contributed by atoms with Crippen LogP contribution in [-0.4, -0.2) is 39.1 Å². The molecule has 0 radical (unpaired) electrons. The molecule has 4 atom stereocenters. The maximum atomic E-state index is 9.89. The summed E-state index contributed by atoms with van der Waals surface area (Å²) in [4.78, 5) is 0.